The number of likely N-dealkylation sites (tertiary alicyclic amines) is 2. The van der Waals surface area contributed by atoms with Crippen molar-refractivity contribution in [2.24, 2.45) is 5.92 Å². The molecule has 0 aliphatic carbocycles. The van der Waals surface area contributed by atoms with E-state index in [1.165, 1.54) is 12.1 Å². The second-order valence-electron chi connectivity index (χ2n) is 7.30. The summed E-state index contributed by atoms with van der Waals surface area (Å²) in [5.41, 5.74) is 1.34. The molecule has 27 heavy (non-hydrogen) atoms. The summed E-state index contributed by atoms with van der Waals surface area (Å²) in [6.07, 6.45) is 3.41. The van der Waals surface area contributed by atoms with E-state index in [2.05, 4.69) is 4.98 Å². The van der Waals surface area contributed by atoms with E-state index in [0.29, 0.717) is 26.1 Å². The van der Waals surface area contributed by atoms with E-state index in [1.54, 1.807) is 4.90 Å². The van der Waals surface area contributed by atoms with Crippen LogP contribution in [0.25, 0.3) is 0 Å². The third-order valence-electron chi connectivity index (χ3n) is 5.52. The van der Waals surface area contributed by atoms with E-state index in [4.69, 9.17) is 0 Å². The maximum absolute atomic E-state index is 13.1. The van der Waals surface area contributed by atoms with Crippen LogP contribution in [0.4, 0.5) is 4.39 Å². The Kier molecular flexibility index (Phi) is 4.88. The Hall–Kier alpha value is -2.76. The van der Waals surface area contributed by atoms with E-state index >= 15 is 0 Å². The van der Waals surface area contributed by atoms with Crippen LogP contribution in [0.2, 0.25) is 0 Å². The number of rotatable bonds is 3. The van der Waals surface area contributed by atoms with Gasteiger partial charge in [0, 0.05) is 26.1 Å². The number of nitrogens with zero attached hydrogens (tertiary/aromatic N) is 3. The molecule has 1 aromatic heterocycles. The molecule has 140 valence electrons. The number of hydrogen-bond donors (Lipinski definition) is 0. The van der Waals surface area contributed by atoms with Crippen molar-refractivity contribution in [3.05, 3.63) is 65.7 Å². The molecule has 0 radical (unpaired) electrons. The van der Waals surface area contributed by atoms with Crippen molar-refractivity contribution in [2.75, 3.05) is 13.1 Å². The van der Waals surface area contributed by atoms with Crippen LogP contribution < -0.4 is 0 Å². The lowest BCUT2D eigenvalue weighted by molar-refractivity contribution is -0.133. The fraction of sp³-hybridized carbons (Fsp3) is 0.381. The molecule has 1 aromatic carbocycles. The van der Waals surface area contributed by atoms with Gasteiger partial charge >= 0.3 is 0 Å². The lowest BCUT2D eigenvalue weighted by atomic mass is 9.98. The summed E-state index contributed by atoms with van der Waals surface area (Å²) in [6.45, 7) is 1.68. The minimum atomic E-state index is -0.460. The smallest absolute Gasteiger partial charge is 0.272 e. The van der Waals surface area contributed by atoms with Crippen LogP contribution in [0.5, 0.6) is 0 Å². The summed E-state index contributed by atoms with van der Waals surface area (Å²) in [4.78, 5) is 33.1. The summed E-state index contributed by atoms with van der Waals surface area (Å²) in [5, 5.41) is 0. The number of carbonyl (C=O) groups is 2. The zero-order chi connectivity index (χ0) is 18.8. The van der Waals surface area contributed by atoms with Gasteiger partial charge in [-0.05, 0) is 36.5 Å². The molecule has 2 aromatic rings. The monoisotopic (exact) mass is 367 g/mol. The highest BCUT2D eigenvalue weighted by Gasteiger charge is 2.42. The average molecular weight is 367 g/mol. The lowest BCUT2D eigenvalue weighted by Gasteiger charge is -2.30. The van der Waals surface area contributed by atoms with E-state index in [-0.39, 0.29) is 29.5 Å². The van der Waals surface area contributed by atoms with Gasteiger partial charge in [0.2, 0.25) is 5.91 Å². The van der Waals surface area contributed by atoms with Crippen molar-refractivity contribution < 1.29 is 14.0 Å². The average Bonchev–Trinajstić information content (AvgIpc) is 3.05. The van der Waals surface area contributed by atoms with Crippen LogP contribution in [0.1, 0.15) is 35.3 Å². The molecule has 0 spiro atoms. The summed E-state index contributed by atoms with van der Waals surface area (Å²) in [7, 11) is 0. The number of halogens is 1. The normalized spacial score (nSPS) is 22.5. The zero-order valence-corrected chi connectivity index (χ0v) is 15.1. The van der Waals surface area contributed by atoms with Crippen molar-refractivity contribution in [1.82, 2.24) is 14.8 Å². The molecule has 2 fully saturated rings. The van der Waals surface area contributed by atoms with Crippen LogP contribution in [0.3, 0.4) is 0 Å². The maximum Gasteiger partial charge on any atom is 0.272 e. The Bertz CT molecular complexity index is 825. The molecular formula is C21H22FN3O2. The summed E-state index contributed by atoms with van der Waals surface area (Å²) < 4.78 is 13.1. The van der Waals surface area contributed by atoms with Gasteiger partial charge in [0.1, 0.15) is 11.5 Å². The molecule has 2 aliphatic heterocycles. The predicted molar refractivity (Wildman–Crippen MR) is 98.2 cm³/mol. The van der Waals surface area contributed by atoms with Crippen LogP contribution in [0.15, 0.2) is 48.7 Å². The quantitative estimate of drug-likeness (QED) is 0.838. The van der Waals surface area contributed by atoms with Crippen molar-refractivity contribution in [2.45, 2.75) is 31.8 Å². The summed E-state index contributed by atoms with van der Waals surface area (Å²) in [5.74, 6) is -0.238. The van der Waals surface area contributed by atoms with Gasteiger partial charge in [-0.25, -0.2) is 9.37 Å². The molecule has 2 amide bonds. The standard InChI is InChI=1S/C21H22FN3O2/c22-17-9-10-18(23-11-17)21(27)24-13-16-7-4-8-20(26)25(19(16)14-24)12-15-5-2-1-3-6-15/h1-3,5-6,9-11,16,19H,4,7-8,12-14H2. The number of hydrogen-bond acceptors (Lipinski definition) is 3. The third-order valence-corrected chi connectivity index (χ3v) is 5.52. The van der Waals surface area contributed by atoms with Gasteiger partial charge in [-0.2, -0.15) is 0 Å². The SMILES string of the molecule is O=C(c1ccc(F)cn1)N1CC2CCCC(=O)N(Cc3ccccc3)C2C1. The van der Waals surface area contributed by atoms with E-state index in [9.17, 15) is 14.0 Å². The summed E-state index contributed by atoms with van der Waals surface area (Å²) >= 11 is 0. The number of aromatic nitrogens is 1. The Morgan fingerprint density at radius 3 is 2.70 bits per heavy atom. The molecular weight excluding hydrogens is 345 g/mol. The minimum absolute atomic E-state index is 0.0182. The van der Waals surface area contributed by atoms with Crippen molar-refractivity contribution >= 4 is 11.8 Å². The zero-order valence-electron chi connectivity index (χ0n) is 15.1. The molecule has 4 rings (SSSR count). The molecule has 2 unspecified atom stereocenters. The van der Waals surface area contributed by atoms with Gasteiger partial charge in [-0.3, -0.25) is 9.59 Å². The first kappa shape index (κ1) is 17.6. The fourth-order valence-corrected chi connectivity index (χ4v) is 4.15. The van der Waals surface area contributed by atoms with Crippen molar-refractivity contribution in [3.8, 4) is 0 Å². The van der Waals surface area contributed by atoms with E-state index < -0.39 is 5.82 Å². The van der Waals surface area contributed by atoms with Gasteiger partial charge in [0.25, 0.3) is 5.91 Å². The first-order valence-corrected chi connectivity index (χ1v) is 9.36. The highest BCUT2D eigenvalue weighted by atomic mass is 19.1. The molecule has 0 bridgehead atoms. The number of carbonyl (C=O) groups excluding carboxylic acids is 2. The minimum Gasteiger partial charge on any atom is -0.335 e. The number of fused-ring (bicyclic) bond motifs is 1. The van der Waals surface area contributed by atoms with Gasteiger partial charge in [-0.15, -0.1) is 0 Å². The Balaban J connectivity index is 1.54. The molecule has 3 heterocycles. The molecule has 0 N–H and O–H groups in total. The Morgan fingerprint density at radius 1 is 1.15 bits per heavy atom. The van der Waals surface area contributed by atoms with Gasteiger partial charge < -0.3 is 9.80 Å². The van der Waals surface area contributed by atoms with E-state index in [1.807, 2.05) is 35.2 Å². The second kappa shape index (κ2) is 7.47. The van der Waals surface area contributed by atoms with Gasteiger partial charge in [-0.1, -0.05) is 30.3 Å². The molecule has 2 saturated heterocycles. The lowest BCUT2D eigenvalue weighted by Crippen LogP contribution is -2.43. The topological polar surface area (TPSA) is 53.5 Å². The number of amides is 2. The second-order valence-corrected chi connectivity index (χ2v) is 7.30. The van der Waals surface area contributed by atoms with Crippen LogP contribution in [-0.4, -0.2) is 45.7 Å². The predicted octanol–water partition coefficient (Wildman–Crippen LogP) is 2.87. The highest BCUT2D eigenvalue weighted by molar-refractivity contribution is 5.92. The number of pyridine rings is 1. The molecule has 2 atom stereocenters. The summed E-state index contributed by atoms with van der Waals surface area (Å²) in [6, 6.07) is 12.6. The van der Waals surface area contributed by atoms with Crippen LogP contribution in [0, 0.1) is 11.7 Å². The van der Waals surface area contributed by atoms with Gasteiger partial charge in [0.15, 0.2) is 0 Å². The van der Waals surface area contributed by atoms with Crippen LogP contribution in [-0.2, 0) is 11.3 Å². The Morgan fingerprint density at radius 2 is 1.96 bits per heavy atom. The highest BCUT2D eigenvalue weighted by Crippen LogP contribution is 2.32. The first-order chi connectivity index (χ1) is 13.1. The fourth-order valence-electron chi connectivity index (χ4n) is 4.15. The third kappa shape index (κ3) is 3.70. The van der Waals surface area contributed by atoms with Crippen molar-refractivity contribution in [1.29, 1.82) is 0 Å². The number of benzene rings is 1. The van der Waals surface area contributed by atoms with Gasteiger partial charge in [0.05, 0.1) is 12.2 Å². The molecule has 5 nitrogen and oxygen atoms in total. The first-order valence-electron chi connectivity index (χ1n) is 9.36. The molecule has 6 heteroatoms. The largest absolute Gasteiger partial charge is 0.335 e. The maximum atomic E-state index is 13.1. The molecule has 2 aliphatic rings. The van der Waals surface area contributed by atoms with Crippen LogP contribution >= 0.6 is 0 Å². The Labute approximate surface area is 157 Å². The van der Waals surface area contributed by atoms with E-state index in [0.717, 1.165) is 24.6 Å². The molecule has 0 saturated carbocycles. The van der Waals surface area contributed by atoms with Crippen molar-refractivity contribution in [3.63, 3.8) is 0 Å².